The highest BCUT2D eigenvalue weighted by molar-refractivity contribution is 6.30. The highest BCUT2D eigenvalue weighted by Gasteiger charge is 2.31. The molecule has 1 fully saturated rings. The summed E-state index contributed by atoms with van der Waals surface area (Å²) in [5.74, 6) is -0.341. The Morgan fingerprint density at radius 3 is 2.32 bits per heavy atom. The molecule has 8 heteroatoms. The van der Waals surface area contributed by atoms with Crippen molar-refractivity contribution in [3.63, 3.8) is 0 Å². The zero-order chi connectivity index (χ0) is 24.8. The molecule has 0 N–H and O–H groups in total. The third-order valence-corrected chi connectivity index (χ3v) is 6.82. The van der Waals surface area contributed by atoms with Crippen LogP contribution in [0.15, 0.2) is 24.3 Å². The van der Waals surface area contributed by atoms with Crippen molar-refractivity contribution < 1.29 is 23.9 Å². The number of Topliss-reactive ketones (excluding diaryl/α,β-unsaturated/α-hetero) is 1. The lowest BCUT2D eigenvalue weighted by molar-refractivity contribution is -0.135. The second kappa shape index (κ2) is 11.6. The molecule has 3 rings (SSSR count). The SMILES string of the molecule is CCn1c(C)c(C(=O)CN(C(=O)COc2ccc(Cl)cc2)C2CCCCC2)c(C)c1C(=O)OC. The molecule has 1 aliphatic carbocycles. The number of carbonyl (C=O) groups is 3. The number of esters is 1. The molecule has 7 nitrogen and oxygen atoms in total. The number of ketones is 1. The van der Waals surface area contributed by atoms with E-state index in [0.29, 0.717) is 39.8 Å². The number of methoxy groups -OCH3 is 1. The minimum atomic E-state index is -0.474. The van der Waals surface area contributed by atoms with Crippen molar-refractivity contribution >= 4 is 29.3 Å². The molecule has 1 amide bonds. The Morgan fingerprint density at radius 2 is 1.74 bits per heavy atom. The summed E-state index contributed by atoms with van der Waals surface area (Å²) in [6, 6.07) is 6.81. The second-order valence-electron chi connectivity index (χ2n) is 8.65. The maximum atomic E-state index is 13.5. The summed E-state index contributed by atoms with van der Waals surface area (Å²) in [6.45, 7) is 5.82. The van der Waals surface area contributed by atoms with E-state index in [2.05, 4.69) is 0 Å². The fourth-order valence-corrected chi connectivity index (χ4v) is 4.99. The molecule has 1 saturated carbocycles. The lowest BCUT2D eigenvalue weighted by atomic mass is 9.93. The van der Waals surface area contributed by atoms with Gasteiger partial charge in [0.05, 0.1) is 13.7 Å². The molecule has 0 bridgehead atoms. The van der Waals surface area contributed by atoms with Gasteiger partial charge in [0.2, 0.25) is 0 Å². The van der Waals surface area contributed by atoms with Crippen LogP contribution >= 0.6 is 11.6 Å². The van der Waals surface area contributed by atoms with Crippen molar-refractivity contribution in [2.24, 2.45) is 0 Å². The summed E-state index contributed by atoms with van der Waals surface area (Å²) < 4.78 is 12.4. The summed E-state index contributed by atoms with van der Waals surface area (Å²) in [7, 11) is 1.33. The van der Waals surface area contributed by atoms with Gasteiger partial charge in [-0.3, -0.25) is 9.59 Å². The first kappa shape index (κ1) is 25.8. The van der Waals surface area contributed by atoms with E-state index in [0.717, 1.165) is 32.1 Å². The van der Waals surface area contributed by atoms with Gasteiger partial charge >= 0.3 is 5.97 Å². The molecule has 0 atom stereocenters. The van der Waals surface area contributed by atoms with Crippen LogP contribution in [0.4, 0.5) is 0 Å². The van der Waals surface area contributed by atoms with Crippen molar-refractivity contribution in [1.82, 2.24) is 9.47 Å². The average Bonchev–Trinajstić information content (AvgIpc) is 3.10. The first-order valence-corrected chi connectivity index (χ1v) is 12.1. The highest BCUT2D eigenvalue weighted by atomic mass is 35.5. The van der Waals surface area contributed by atoms with Crippen molar-refractivity contribution in [2.45, 2.75) is 65.5 Å². The zero-order valence-corrected chi connectivity index (χ0v) is 21.1. The lowest BCUT2D eigenvalue weighted by Gasteiger charge is -2.34. The maximum absolute atomic E-state index is 13.5. The monoisotopic (exact) mass is 488 g/mol. The van der Waals surface area contributed by atoms with E-state index in [9.17, 15) is 14.4 Å². The number of carbonyl (C=O) groups excluding carboxylic acids is 3. The Kier molecular flexibility index (Phi) is 8.78. The molecular formula is C26H33ClN2O5. The normalized spacial score (nSPS) is 14.0. The van der Waals surface area contributed by atoms with Crippen molar-refractivity contribution in [3.8, 4) is 5.75 Å². The molecule has 1 heterocycles. The van der Waals surface area contributed by atoms with Crippen LogP contribution in [0.1, 0.15) is 71.1 Å². The summed E-state index contributed by atoms with van der Waals surface area (Å²) in [4.78, 5) is 40.8. The third kappa shape index (κ3) is 5.63. The van der Waals surface area contributed by atoms with Crippen LogP contribution in [0.3, 0.4) is 0 Å². The van der Waals surface area contributed by atoms with E-state index in [1.165, 1.54) is 7.11 Å². The maximum Gasteiger partial charge on any atom is 0.354 e. The number of hydrogen-bond acceptors (Lipinski definition) is 5. The number of amides is 1. The number of aromatic nitrogens is 1. The standard InChI is InChI=1S/C26H33ClN2O5/c1-5-28-18(3)24(17(2)25(28)26(32)33-4)22(30)15-29(20-9-7-6-8-10-20)23(31)16-34-21-13-11-19(27)12-14-21/h11-14,20H,5-10,15-16H2,1-4H3. The van der Waals surface area contributed by atoms with Gasteiger partial charge in [0, 0.05) is 28.9 Å². The molecule has 0 saturated heterocycles. The Bertz CT molecular complexity index is 1040. The van der Waals surface area contributed by atoms with Gasteiger partial charge in [-0.2, -0.15) is 0 Å². The smallest absolute Gasteiger partial charge is 0.354 e. The Balaban J connectivity index is 1.84. The molecule has 0 aliphatic heterocycles. The van der Waals surface area contributed by atoms with Gasteiger partial charge in [-0.25, -0.2) is 4.79 Å². The number of rotatable bonds is 9. The van der Waals surface area contributed by atoms with E-state index >= 15 is 0 Å². The predicted octanol–water partition coefficient (Wildman–Crippen LogP) is 4.99. The van der Waals surface area contributed by atoms with Gasteiger partial charge in [0.25, 0.3) is 5.91 Å². The van der Waals surface area contributed by atoms with Crippen LogP contribution in [0.5, 0.6) is 5.75 Å². The van der Waals surface area contributed by atoms with Crippen molar-refractivity contribution in [3.05, 3.63) is 51.8 Å². The number of nitrogens with zero attached hydrogens (tertiary/aromatic N) is 2. The van der Waals surface area contributed by atoms with Crippen LogP contribution in [0.2, 0.25) is 5.02 Å². The quantitative estimate of drug-likeness (QED) is 0.367. The van der Waals surface area contributed by atoms with Crippen LogP contribution < -0.4 is 4.74 Å². The van der Waals surface area contributed by atoms with E-state index in [4.69, 9.17) is 21.1 Å². The van der Waals surface area contributed by atoms with Gasteiger partial charge < -0.3 is 18.9 Å². The summed E-state index contributed by atoms with van der Waals surface area (Å²) in [6.07, 6.45) is 4.91. The van der Waals surface area contributed by atoms with Crippen molar-refractivity contribution in [2.75, 3.05) is 20.3 Å². The fourth-order valence-electron chi connectivity index (χ4n) is 4.87. The zero-order valence-electron chi connectivity index (χ0n) is 20.4. The van der Waals surface area contributed by atoms with Gasteiger partial charge in [0.15, 0.2) is 12.4 Å². The van der Waals surface area contributed by atoms with E-state index in [1.54, 1.807) is 40.7 Å². The van der Waals surface area contributed by atoms with Gasteiger partial charge in [-0.15, -0.1) is 0 Å². The molecule has 0 spiro atoms. The largest absolute Gasteiger partial charge is 0.484 e. The molecular weight excluding hydrogens is 456 g/mol. The molecule has 2 aromatic rings. The Morgan fingerprint density at radius 1 is 1.09 bits per heavy atom. The van der Waals surface area contributed by atoms with E-state index in [1.807, 2.05) is 13.8 Å². The van der Waals surface area contributed by atoms with Crippen LogP contribution in [-0.2, 0) is 16.1 Å². The summed E-state index contributed by atoms with van der Waals surface area (Å²) >= 11 is 5.92. The third-order valence-electron chi connectivity index (χ3n) is 6.57. The van der Waals surface area contributed by atoms with E-state index in [-0.39, 0.29) is 30.9 Å². The number of ether oxygens (including phenoxy) is 2. The molecule has 1 aromatic carbocycles. The van der Waals surface area contributed by atoms with Gasteiger partial charge in [-0.1, -0.05) is 30.9 Å². The molecule has 1 aromatic heterocycles. The Hall–Kier alpha value is -2.80. The number of halogens is 1. The first-order chi connectivity index (χ1) is 16.3. The van der Waals surface area contributed by atoms with Crippen molar-refractivity contribution in [1.29, 1.82) is 0 Å². The number of hydrogen-bond donors (Lipinski definition) is 0. The van der Waals surface area contributed by atoms with E-state index < -0.39 is 5.97 Å². The van der Waals surface area contributed by atoms with Gasteiger partial charge in [-0.05, 0) is 63.4 Å². The molecule has 0 radical (unpaired) electrons. The highest BCUT2D eigenvalue weighted by Crippen LogP contribution is 2.27. The van der Waals surface area contributed by atoms with Crippen LogP contribution in [0, 0.1) is 13.8 Å². The molecule has 0 unspecified atom stereocenters. The fraction of sp³-hybridized carbons (Fsp3) is 0.500. The minimum absolute atomic E-state index is 0.00651. The summed E-state index contributed by atoms with van der Waals surface area (Å²) in [5, 5.41) is 0.587. The first-order valence-electron chi connectivity index (χ1n) is 11.8. The van der Waals surface area contributed by atoms with Crippen LogP contribution in [-0.4, -0.2) is 53.4 Å². The average molecular weight is 489 g/mol. The van der Waals surface area contributed by atoms with Gasteiger partial charge in [0.1, 0.15) is 11.4 Å². The topological polar surface area (TPSA) is 77.8 Å². The number of benzene rings is 1. The summed E-state index contributed by atoms with van der Waals surface area (Å²) in [5.41, 5.74) is 2.16. The lowest BCUT2D eigenvalue weighted by Crippen LogP contribution is -2.46. The van der Waals surface area contributed by atoms with Crippen LogP contribution in [0.25, 0.3) is 0 Å². The molecule has 1 aliphatic rings. The molecule has 34 heavy (non-hydrogen) atoms. The second-order valence-corrected chi connectivity index (χ2v) is 9.09. The Labute approximate surface area is 206 Å². The minimum Gasteiger partial charge on any atom is -0.484 e. The molecule has 184 valence electrons. The predicted molar refractivity (Wildman–Crippen MR) is 131 cm³/mol.